The van der Waals surface area contributed by atoms with Crippen LogP contribution < -0.4 is 0 Å². The van der Waals surface area contributed by atoms with E-state index in [4.69, 9.17) is 0 Å². The minimum Gasteiger partial charge on any atom is -0.299 e. The molecule has 1 heterocycles. The molecule has 1 atom stereocenters. The Morgan fingerprint density at radius 2 is 2.43 bits per heavy atom. The molecule has 0 radical (unpaired) electrons. The van der Waals surface area contributed by atoms with Gasteiger partial charge in [0, 0.05) is 32.0 Å². The average Bonchev–Trinajstić information content (AvgIpc) is 2.56. The lowest BCUT2D eigenvalue weighted by Gasteiger charge is -2.19. The van der Waals surface area contributed by atoms with Crippen LogP contribution in [0.5, 0.6) is 0 Å². The molecule has 0 aliphatic heterocycles. The van der Waals surface area contributed by atoms with Crippen molar-refractivity contribution in [1.29, 1.82) is 0 Å². The molecule has 0 amide bonds. The second kappa shape index (κ2) is 3.95. The van der Waals surface area contributed by atoms with E-state index in [0.717, 1.165) is 31.4 Å². The number of hydrogen-bond donors (Lipinski definition) is 0. The highest BCUT2D eigenvalue weighted by Gasteiger charge is 2.22. The van der Waals surface area contributed by atoms with Gasteiger partial charge in [-0.2, -0.15) is 5.10 Å². The van der Waals surface area contributed by atoms with Gasteiger partial charge in [-0.05, 0) is 18.9 Å². The molecule has 1 saturated carbocycles. The summed E-state index contributed by atoms with van der Waals surface area (Å²) in [5, 5.41) is 4.30. The van der Waals surface area contributed by atoms with Crippen molar-refractivity contribution in [3.05, 3.63) is 18.0 Å². The highest BCUT2D eigenvalue weighted by atomic mass is 16.1. The Balaban J connectivity index is 1.99. The zero-order valence-corrected chi connectivity index (χ0v) is 8.57. The maximum absolute atomic E-state index is 11.6. The van der Waals surface area contributed by atoms with E-state index >= 15 is 0 Å². The molecule has 3 heteroatoms. The molecule has 0 spiro atoms. The molecule has 1 fully saturated rings. The Morgan fingerprint density at radius 3 is 3.07 bits per heavy atom. The number of ketones is 1. The summed E-state index contributed by atoms with van der Waals surface area (Å²) in [7, 11) is 1.91. The van der Waals surface area contributed by atoms with Crippen LogP contribution >= 0.6 is 0 Å². The minimum atomic E-state index is 0.235. The van der Waals surface area contributed by atoms with Crippen molar-refractivity contribution < 1.29 is 4.79 Å². The molecule has 0 N–H and O–H groups in total. The number of nitrogens with zero attached hydrogens (tertiary/aromatic N) is 2. The van der Waals surface area contributed by atoms with E-state index in [9.17, 15) is 4.79 Å². The molecule has 0 bridgehead atoms. The number of aryl methyl sites for hydroxylation is 1. The zero-order valence-electron chi connectivity index (χ0n) is 8.57. The van der Waals surface area contributed by atoms with Crippen molar-refractivity contribution in [2.75, 3.05) is 0 Å². The van der Waals surface area contributed by atoms with E-state index in [1.54, 1.807) is 4.68 Å². The van der Waals surface area contributed by atoms with Gasteiger partial charge in [0.05, 0.1) is 5.69 Å². The highest BCUT2D eigenvalue weighted by Crippen LogP contribution is 2.23. The van der Waals surface area contributed by atoms with Crippen LogP contribution in [0, 0.1) is 5.92 Å². The molecule has 1 aliphatic carbocycles. The van der Waals surface area contributed by atoms with Crippen LogP contribution in [0.15, 0.2) is 12.3 Å². The van der Waals surface area contributed by atoms with Gasteiger partial charge >= 0.3 is 0 Å². The summed E-state index contributed by atoms with van der Waals surface area (Å²) in [6.07, 6.45) is 6.87. The third kappa shape index (κ3) is 2.03. The average molecular weight is 192 g/mol. The monoisotopic (exact) mass is 192 g/mol. The normalized spacial score (nSPS) is 22.6. The first-order chi connectivity index (χ1) is 6.75. The Labute approximate surface area is 84.1 Å². The number of rotatable bonds is 2. The fraction of sp³-hybridized carbons (Fsp3) is 0.636. The minimum absolute atomic E-state index is 0.235. The highest BCUT2D eigenvalue weighted by molar-refractivity contribution is 5.81. The molecule has 14 heavy (non-hydrogen) atoms. The quantitative estimate of drug-likeness (QED) is 0.715. The van der Waals surface area contributed by atoms with Gasteiger partial charge in [0.15, 0.2) is 0 Å². The van der Waals surface area contributed by atoms with Crippen LogP contribution in [0.4, 0.5) is 0 Å². The lowest BCUT2D eigenvalue weighted by atomic mass is 9.85. The predicted molar refractivity (Wildman–Crippen MR) is 53.9 cm³/mol. The fourth-order valence-corrected chi connectivity index (χ4v) is 2.10. The molecule has 1 aromatic heterocycles. The van der Waals surface area contributed by atoms with Gasteiger partial charge in [0.2, 0.25) is 0 Å². The second-order valence-electron chi connectivity index (χ2n) is 4.09. The van der Waals surface area contributed by atoms with Crippen molar-refractivity contribution in [3.63, 3.8) is 0 Å². The number of aromatic nitrogens is 2. The summed E-state index contributed by atoms with van der Waals surface area (Å²) in [5.74, 6) is 0.667. The second-order valence-corrected chi connectivity index (χ2v) is 4.09. The van der Waals surface area contributed by atoms with E-state index in [2.05, 4.69) is 5.10 Å². The molecule has 1 aromatic rings. The molecular weight excluding hydrogens is 176 g/mol. The molecular formula is C11H16N2O. The van der Waals surface area contributed by atoms with Crippen molar-refractivity contribution >= 4 is 5.78 Å². The van der Waals surface area contributed by atoms with Crippen LogP contribution in [-0.2, 0) is 18.3 Å². The number of Topliss-reactive ketones (excluding diaryl/α,β-unsaturated/α-hetero) is 1. The molecule has 2 rings (SSSR count). The summed E-state index contributed by atoms with van der Waals surface area (Å²) < 4.78 is 1.79. The van der Waals surface area contributed by atoms with Crippen LogP contribution in [-0.4, -0.2) is 15.6 Å². The smallest absolute Gasteiger partial charge is 0.136 e. The third-order valence-electron chi connectivity index (χ3n) is 2.91. The maximum Gasteiger partial charge on any atom is 0.136 e. The van der Waals surface area contributed by atoms with Crippen LogP contribution in [0.25, 0.3) is 0 Å². The fourth-order valence-electron chi connectivity index (χ4n) is 2.10. The van der Waals surface area contributed by atoms with Gasteiger partial charge < -0.3 is 0 Å². The van der Waals surface area contributed by atoms with Crippen LogP contribution in [0.1, 0.15) is 31.4 Å². The summed E-state index contributed by atoms with van der Waals surface area (Å²) in [4.78, 5) is 11.6. The summed E-state index contributed by atoms with van der Waals surface area (Å²) in [6, 6.07) is 2.00. The van der Waals surface area contributed by atoms with Crippen molar-refractivity contribution in [1.82, 2.24) is 9.78 Å². The maximum atomic E-state index is 11.6. The lowest BCUT2D eigenvalue weighted by Crippen LogP contribution is -2.21. The molecule has 0 saturated heterocycles. The van der Waals surface area contributed by atoms with E-state index < -0.39 is 0 Å². The molecule has 3 nitrogen and oxygen atoms in total. The van der Waals surface area contributed by atoms with Gasteiger partial charge in [-0.25, -0.2) is 0 Å². The van der Waals surface area contributed by atoms with E-state index in [0.29, 0.717) is 5.78 Å². The Bertz CT molecular complexity index is 330. The number of hydrogen-bond acceptors (Lipinski definition) is 2. The topological polar surface area (TPSA) is 34.9 Å². The van der Waals surface area contributed by atoms with Gasteiger partial charge in [-0.15, -0.1) is 0 Å². The first-order valence-electron chi connectivity index (χ1n) is 5.27. The Kier molecular flexibility index (Phi) is 2.66. The summed E-state index contributed by atoms with van der Waals surface area (Å²) >= 11 is 0. The Hall–Kier alpha value is -1.12. The van der Waals surface area contributed by atoms with Crippen LogP contribution in [0.2, 0.25) is 0 Å². The number of carbonyl (C=O) groups is 1. The third-order valence-corrected chi connectivity index (χ3v) is 2.91. The standard InChI is InChI=1S/C11H16N2O/c1-13-7-6-10(12-13)8-9-4-2-3-5-11(9)14/h6-7,9H,2-5,8H2,1H3. The SMILES string of the molecule is Cn1ccc(CC2CCCCC2=O)n1. The van der Waals surface area contributed by atoms with Crippen molar-refractivity contribution in [2.45, 2.75) is 32.1 Å². The molecule has 1 aliphatic rings. The number of carbonyl (C=O) groups excluding carboxylic acids is 1. The van der Waals surface area contributed by atoms with E-state index in [1.807, 2.05) is 19.3 Å². The predicted octanol–water partition coefficient (Wildman–Crippen LogP) is 1.72. The van der Waals surface area contributed by atoms with Gasteiger partial charge in [-0.1, -0.05) is 6.42 Å². The summed E-state index contributed by atoms with van der Waals surface area (Å²) in [5.41, 5.74) is 1.05. The van der Waals surface area contributed by atoms with Gasteiger partial charge in [-0.3, -0.25) is 9.48 Å². The Morgan fingerprint density at radius 1 is 1.57 bits per heavy atom. The first-order valence-corrected chi connectivity index (χ1v) is 5.27. The van der Waals surface area contributed by atoms with Gasteiger partial charge in [0.25, 0.3) is 0 Å². The van der Waals surface area contributed by atoms with Crippen LogP contribution in [0.3, 0.4) is 0 Å². The first kappa shape index (κ1) is 9.44. The molecule has 1 unspecified atom stereocenters. The van der Waals surface area contributed by atoms with E-state index in [1.165, 1.54) is 6.42 Å². The summed E-state index contributed by atoms with van der Waals surface area (Å²) in [6.45, 7) is 0. The van der Waals surface area contributed by atoms with Crippen molar-refractivity contribution in [2.24, 2.45) is 13.0 Å². The largest absolute Gasteiger partial charge is 0.299 e. The molecule has 0 aromatic carbocycles. The lowest BCUT2D eigenvalue weighted by molar-refractivity contribution is -0.124. The van der Waals surface area contributed by atoms with E-state index in [-0.39, 0.29) is 5.92 Å². The zero-order chi connectivity index (χ0) is 9.97. The molecule has 76 valence electrons. The van der Waals surface area contributed by atoms with Gasteiger partial charge in [0.1, 0.15) is 5.78 Å². The van der Waals surface area contributed by atoms with Crippen molar-refractivity contribution in [3.8, 4) is 0 Å².